The molecule has 0 amide bonds. The average Bonchev–Trinajstić information content (AvgIpc) is 2.56. The normalized spacial score (nSPS) is 17.5. The predicted molar refractivity (Wildman–Crippen MR) is 97.3 cm³/mol. The van der Waals surface area contributed by atoms with Crippen LogP contribution in [0.25, 0.3) is 0 Å². The molecule has 0 rings (SSSR count). The monoisotopic (exact) mass is 330 g/mol. The highest BCUT2D eigenvalue weighted by Gasteiger charge is 2.47. The molecule has 0 spiro atoms. The first-order chi connectivity index (χ1) is 11.0. The van der Waals surface area contributed by atoms with Crippen molar-refractivity contribution in [1.82, 2.24) is 15.1 Å². The van der Waals surface area contributed by atoms with Crippen molar-refractivity contribution in [3.63, 3.8) is 0 Å². The Labute approximate surface area is 144 Å². The van der Waals surface area contributed by atoms with Gasteiger partial charge < -0.3 is 9.47 Å². The Hall–Kier alpha value is -0.200. The number of hydrogen-bond donors (Lipinski definition) is 0. The molecule has 139 valence electrons. The Morgan fingerprint density at radius 3 is 1.09 bits per heavy atom. The molecule has 0 N–H and O–H groups in total. The summed E-state index contributed by atoms with van der Waals surface area (Å²) in [5.41, 5.74) is 0. The van der Waals surface area contributed by atoms with E-state index in [1.54, 1.807) is 0 Å². The van der Waals surface area contributed by atoms with Gasteiger partial charge in [0.05, 0.1) is 0 Å². The molecule has 23 heavy (non-hydrogen) atoms. The molecule has 5 nitrogen and oxygen atoms in total. The van der Waals surface area contributed by atoms with E-state index in [-0.39, 0.29) is 0 Å². The summed E-state index contributed by atoms with van der Waals surface area (Å²) >= 11 is 0. The summed E-state index contributed by atoms with van der Waals surface area (Å²) in [5.74, 6) is -1.27. The van der Waals surface area contributed by atoms with E-state index in [1.807, 2.05) is 13.8 Å². The highest BCUT2D eigenvalue weighted by atomic mass is 16.6. The topological polar surface area (TPSA) is 39.0 Å². The van der Waals surface area contributed by atoms with Gasteiger partial charge in [-0.05, 0) is 40.0 Å². The summed E-state index contributed by atoms with van der Waals surface area (Å²) in [4.78, 5) is 4.59. The van der Waals surface area contributed by atoms with Gasteiger partial charge in [-0.25, -0.2) is 0 Å². The minimum absolute atomic E-state index is 0.633. The lowest BCUT2D eigenvalue weighted by Crippen LogP contribution is -2.68. The van der Waals surface area contributed by atoms with Gasteiger partial charge in [-0.3, -0.25) is 9.80 Å². The van der Waals surface area contributed by atoms with Crippen LogP contribution in [-0.2, 0) is 9.47 Å². The van der Waals surface area contributed by atoms with E-state index in [0.717, 1.165) is 39.0 Å². The number of hydrogen-bond acceptors (Lipinski definition) is 4. The first-order valence-electron chi connectivity index (χ1n) is 9.51. The standard InChI is InChI=1S/C18H40N3O2/c1-9-17(22-15-7,20(11-3)12-4)19-18(10-2,23-16-8)21(13-5)14-6/h9-16H2,1-8H3. The Kier molecular flexibility index (Phi) is 11.3. The molecular weight excluding hydrogens is 290 g/mol. The highest BCUT2D eigenvalue weighted by Crippen LogP contribution is 2.29. The molecule has 0 saturated heterocycles. The van der Waals surface area contributed by atoms with Gasteiger partial charge in [-0.1, -0.05) is 41.5 Å². The van der Waals surface area contributed by atoms with Crippen LogP contribution in [0.3, 0.4) is 0 Å². The van der Waals surface area contributed by atoms with Crippen molar-refractivity contribution >= 4 is 0 Å². The zero-order valence-corrected chi connectivity index (χ0v) is 16.8. The van der Waals surface area contributed by atoms with Crippen LogP contribution >= 0.6 is 0 Å². The zero-order chi connectivity index (χ0) is 17.9. The van der Waals surface area contributed by atoms with E-state index in [9.17, 15) is 0 Å². The first kappa shape index (κ1) is 22.8. The molecule has 2 atom stereocenters. The molecule has 0 bridgehead atoms. The lowest BCUT2D eigenvalue weighted by atomic mass is 10.1. The lowest BCUT2D eigenvalue weighted by molar-refractivity contribution is -0.269. The summed E-state index contributed by atoms with van der Waals surface area (Å²) in [7, 11) is 0. The van der Waals surface area contributed by atoms with Crippen LogP contribution in [0.4, 0.5) is 0 Å². The lowest BCUT2D eigenvalue weighted by Gasteiger charge is -2.50. The van der Waals surface area contributed by atoms with Gasteiger partial charge in [-0.15, -0.1) is 5.32 Å². The maximum atomic E-state index is 6.22. The van der Waals surface area contributed by atoms with Gasteiger partial charge in [0.25, 0.3) is 0 Å². The third kappa shape index (κ3) is 5.40. The molecule has 0 aliphatic carbocycles. The van der Waals surface area contributed by atoms with Crippen molar-refractivity contribution in [2.75, 3.05) is 39.4 Å². The Morgan fingerprint density at radius 1 is 0.609 bits per heavy atom. The van der Waals surface area contributed by atoms with E-state index in [4.69, 9.17) is 14.8 Å². The zero-order valence-electron chi connectivity index (χ0n) is 16.8. The fourth-order valence-electron chi connectivity index (χ4n) is 3.37. The Bertz CT molecular complexity index is 268. The molecule has 5 heteroatoms. The predicted octanol–water partition coefficient (Wildman–Crippen LogP) is 3.48. The molecule has 2 unspecified atom stereocenters. The van der Waals surface area contributed by atoms with E-state index in [2.05, 4.69) is 51.3 Å². The fourth-order valence-corrected chi connectivity index (χ4v) is 3.37. The highest BCUT2D eigenvalue weighted by molar-refractivity contribution is 4.86. The molecule has 0 heterocycles. The molecule has 0 aromatic rings. The molecule has 0 fully saturated rings. The van der Waals surface area contributed by atoms with E-state index < -0.39 is 11.7 Å². The summed E-state index contributed by atoms with van der Waals surface area (Å²) < 4.78 is 12.4. The van der Waals surface area contributed by atoms with Gasteiger partial charge in [0.15, 0.2) is 11.7 Å². The third-order valence-corrected chi connectivity index (χ3v) is 4.54. The summed E-state index contributed by atoms with van der Waals surface area (Å²) in [5, 5.41) is 5.25. The van der Waals surface area contributed by atoms with Gasteiger partial charge in [0.1, 0.15) is 0 Å². The van der Waals surface area contributed by atoms with Crippen LogP contribution in [0.5, 0.6) is 0 Å². The molecule has 0 aliphatic heterocycles. The van der Waals surface area contributed by atoms with Gasteiger partial charge >= 0.3 is 0 Å². The van der Waals surface area contributed by atoms with Crippen LogP contribution < -0.4 is 5.32 Å². The smallest absolute Gasteiger partial charge is 0.196 e. The summed E-state index contributed by atoms with van der Waals surface area (Å²) in [6, 6.07) is 0. The SMILES string of the molecule is CCOC(CC)([N]C(CC)(OCC)N(CC)CC)N(CC)CC. The van der Waals surface area contributed by atoms with Crippen LogP contribution in [0.15, 0.2) is 0 Å². The van der Waals surface area contributed by atoms with Crippen molar-refractivity contribution in [2.45, 2.75) is 79.9 Å². The minimum Gasteiger partial charge on any atom is -0.346 e. The van der Waals surface area contributed by atoms with Crippen LogP contribution in [-0.4, -0.2) is 60.9 Å². The summed E-state index contributed by atoms with van der Waals surface area (Å²) in [6.45, 7) is 21.9. The van der Waals surface area contributed by atoms with Gasteiger partial charge in [0, 0.05) is 26.1 Å². The van der Waals surface area contributed by atoms with Gasteiger partial charge in [0.2, 0.25) is 0 Å². The van der Waals surface area contributed by atoms with Gasteiger partial charge in [-0.2, -0.15) is 0 Å². The van der Waals surface area contributed by atoms with E-state index in [0.29, 0.717) is 13.2 Å². The second-order valence-corrected chi connectivity index (χ2v) is 5.52. The molecule has 0 saturated carbocycles. The average molecular weight is 331 g/mol. The fraction of sp³-hybridized carbons (Fsp3) is 1.00. The number of ether oxygens (including phenoxy) is 2. The maximum absolute atomic E-state index is 6.22. The summed E-state index contributed by atoms with van der Waals surface area (Å²) in [6.07, 6.45) is 1.61. The molecule has 1 radical (unpaired) electrons. The van der Waals surface area contributed by atoms with E-state index in [1.165, 1.54) is 0 Å². The van der Waals surface area contributed by atoms with Crippen molar-refractivity contribution in [3.05, 3.63) is 0 Å². The third-order valence-electron chi connectivity index (χ3n) is 4.54. The second kappa shape index (κ2) is 11.4. The van der Waals surface area contributed by atoms with Crippen molar-refractivity contribution in [3.8, 4) is 0 Å². The first-order valence-corrected chi connectivity index (χ1v) is 9.51. The van der Waals surface area contributed by atoms with Crippen molar-refractivity contribution in [1.29, 1.82) is 0 Å². The second-order valence-electron chi connectivity index (χ2n) is 5.52. The quantitative estimate of drug-likeness (QED) is 0.457. The number of rotatable bonds is 14. The number of nitrogens with zero attached hydrogens (tertiary/aromatic N) is 3. The Balaban J connectivity index is 5.82. The van der Waals surface area contributed by atoms with Crippen molar-refractivity contribution < 1.29 is 9.47 Å². The minimum atomic E-state index is -0.633. The van der Waals surface area contributed by atoms with Crippen LogP contribution in [0.1, 0.15) is 68.2 Å². The molecule has 0 aliphatic rings. The maximum Gasteiger partial charge on any atom is 0.196 e. The molecule has 0 aromatic carbocycles. The van der Waals surface area contributed by atoms with Crippen LogP contribution in [0, 0.1) is 0 Å². The molecule has 0 aromatic heterocycles. The molecular formula is C18H40N3O2. The van der Waals surface area contributed by atoms with E-state index >= 15 is 0 Å². The Morgan fingerprint density at radius 2 is 0.913 bits per heavy atom. The van der Waals surface area contributed by atoms with Crippen LogP contribution in [0.2, 0.25) is 0 Å². The largest absolute Gasteiger partial charge is 0.346 e. The van der Waals surface area contributed by atoms with Crippen molar-refractivity contribution in [2.24, 2.45) is 0 Å².